The summed E-state index contributed by atoms with van der Waals surface area (Å²) >= 11 is 6.08. The molecule has 112 valence electrons. The van der Waals surface area contributed by atoms with E-state index in [4.69, 9.17) is 21.1 Å². The molecule has 8 heteroatoms. The molecule has 1 saturated heterocycles. The molecule has 0 saturated carbocycles. The number of sulfonamides is 1. The fourth-order valence-electron chi connectivity index (χ4n) is 2.06. The molecule has 20 heavy (non-hydrogen) atoms. The van der Waals surface area contributed by atoms with Crippen LogP contribution in [0.15, 0.2) is 17.0 Å². The topological polar surface area (TPSA) is 67.9 Å². The normalized spacial score (nSPS) is 16.9. The molecule has 0 unspecified atom stereocenters. The van der Waals surface area contributed by atoms with Gasteiger partial charge in [-0.05, 0) is 0 Å². The summed E-state index contributed by atoms with van der Waals surface area (Å²) in [4.78, 5) is 0.0405. The van der Waals surface area contributed by atoms with Crippen LogP contribution in [0.3, 0.4) is 0 Å². The van der Waals surface area contributed by atoms with E-state index in [2.05, 4.69) is 5.32 Å². The van der Waals surface area contributed by atoms with Crippen molar-refractivity contribution in [3.8, 4) is 11.5 Å². The fraction of sp³-hybridized carbons (Fsp3) is 0.500. The van der Waals surface area contributed by atoms with Gasteiger partial charge in [0.25, 0.3) is 0 Å². The first-order valence-electron chi connectivity index (χ1n) is 6.13. The van der Waals surface area contributed by atoms with E-state index in [-0.39, 0.29) is 9.92 Å². The molecule has 0 amide bonds. The van der Waals surface area contributed by atoms with E-state index < -0.39 is 10.0 Å². The zero-order chi connectivity index (χ0) is 14.8. The standard InChI is InChI=1S/C12H17ClN2O4S/c1-18-10-7-9(13)12(8-11(10)19-2)20(16,17)15-5-3-14-4-6-15/h7-8,14H,3-6H2,1-2H3. The van der Waals surface area contributed by atoms with E-state index in [0.717, 1.165) is 0 Å². The molecular weight excluding hydrogens is 304 g/mol. The van der Waals surface area contributed by atoms with Crippen molar-refractivity contribution in [3.63, 3.8) is 0 Å². The predicted octanol–water partition coefficient (Wildman–Crippen LogP) is 0.951. The third-order valence-corrected chi connectivity index (χ3v) is 5.50. The van der Waals surface area contributed by atoms with Crippen LogP contribution in [0, 0.1) is 0 Å². The minimum absolute atomic E-state index is 0.0405. The molecule has 0 atom stereocenters. The second-order valence-corrected chi connectivity index (χ2v) is 6.61. The molecule has 1 N–H and O–H groups in total. The maximum Gasteiger partial charge on any atom is 0.244 e. The molecule has 0 bridgehead atoms. The van der Waals surface area contributed by atoms with Crippen molar-refractivity contribution in [1.29, 1.82) is 0 Å². The van der Waals surface area contributed by atoms with Gasteiger partial charge in [0.1, 0.15) is 4.90 Å². The third kappa shape index (κ3) is 2.85. The Morgan fingerprint density at radius 3 is 2.25 bits per heavy atom. The zero-order valence-electron chi connectivity index (χ0n) is 11.3. The fourth-order valence-corrected chi connectivity index (χ4v) is 4.01. The van der Waals surface area contributed by atoms with Crippen molar-refractivity contribution >= 4 is 21.6 Å². The van der Waals surface area contributed by atoms with E-state index >= 15 is 0 Å². The quantitative estimate of drug-likeness (QED) is 0.894. The molecule has 0 radical (unpaired) electrons. The van der Waals surface area contributed by atoms with E-state index in [1.165, 1.54) is 30.7 Å². The summed E-state index contributed by atoms with van der Waals surface area (Å²) in [6.07, 6.45) is 0. The lowest BCUT2D eigenvalue weighted by Gasteiger charge is -2.27. The molecule has 2 rings (SSSR count). The van der Waals surface area contributed by atoms with Crippen LogP contribution in [-0.4, -0.2) is 53.1 Å². The Hall–Kier alpha value is -1.02. The van der Waals surface area contributed by atoms with Crippen molar-refractivity contribution in [3.05, 3.63) is 17.2 Å². The van der Waals surface area contributed by atoms with E-state index in [9.17, 15) is 8.42 Å². The maximum absolute atomic E-state index is 12.6. The van der Waals surface area contributed by atoms with E-state index in [0.29, 0.717) is 37.7 Å². The summed E-state index contributed by atoms with van der Waals surface area (Å²) in [5, 5.41) is 3.24. The first kappa shape index (κ1) is 15.4. The molecule has 1 aliphatic rings. The van der Waals surface area contributed by atoms with Gasteiger partial charge in [-0.25, -0.2) is 8.42 Å². The number of benzene rings is 1. The van der Waals surface area contributed by atoms with E-state index in [1.807, 2.05) is 0 Å². The first-order chi connectivity index (χ1) is 9.50. The Kier molecular flexibility index (Phi) is 4.74. The van der Waals surface area contributed by atoms with Gasteiger partial charge in [-0.1, -0.05) is 11.6 Å². The number of nitrogens with one attached hydrogen (secondary N) is 1. The van der Waals surface area contributed by atoms with Crippen molar-refractivity contribution < 1.29 is 17.9 Å². The van der Waals surface area contributed by atoms with Crippen LogP contribution >= 0.6 is 11.6 Å². The van der Waals surface area contributed by atoms with E-state index in [1.54, 1.807) is 0 Å². The largest absolute Gasteiger partial charge is 0.493 e. The summed E-state index contributed by atoms with van der Waals surface area (Å²) in [5.74, 6) is 0.738. The van der Waals surface area contributed by atoms with Crippen LogP contribution in [0.2, 0.25) is 5.02 Å². The van der Waals surface area contributed by atoms with Gasteiger partial charge in [0.15, 0.2) is 11.5 Å². The number of piperazine rings is 1. The number of nitrogens with zero attached hydrogens (tertiary/aromatic N) is 1. The average molecular weight is 321 g/mol. The van der Waals surface area contributed by atoms with Crippen molar-refractivity contribution in [2.45, 2.75) is 4.90 Å². The second-order valence-electron chi connectivity index (χ2n) is 4.29. The number of methoxy groups -OCH3 is 2. The van der Waals surface area contributed by atoms with Gasteiger partial charge < -0.3 is 14.8 Å². The number of hydrogen-bond donors (Lipinski definition) is 1. The van der Waals surface area contributed by atoms with Crippen LogP contribution in [0.25, 0.3) is 0 Å². The molecule has 0 spiro atoms. The van der Waals surface area contributed by atoms with Crippen LogP contribution in [0.4, 0.5) is 0 Å². The number of halogens is 1. The molecule has 1 aliphatic heterocycles. The highest BCUT2D eigenvalue weighted by atomic mass is 35.5. The van der Waals surface area contributed by atoms with Gasteiger partial charge >= 0.3 is 0 Å². The lowest BCUT2D eigenvalue weighted by molar-refractivity contribution is 0.351. The van der Waals surface area contributed by atoms with Crippen molar-refractivity contribution in [1.82, 2.24) is 9.62 Å². The molecule has 1 heterocycles. The van der Waals surface area contributed by atoms with Gasteiger partial charge in [-0.15, -0.1) is 0 Å². The number of ether oxygens (including phenoxy) is 2. The lowest BCUT2D eigenvalue weighted by Crippen LogP contribution is -2.46. The van der Waals surface area contributed by atoms with Crippen molar-refractivity contribution in [2.75, 3.05) is 40.4 Å². The molecule has 1 aromatic carbocycles. The maximum atomic E-state index is 12.6. The Balaban J connectivity index is 2.45. The van der Waals surface area contributed by atoms with Gasteiger partial charge in [-0.2, -0.15) is 4.31 Å². The zero-order valence-corrected chi connectivity index (χ0v) is 12.9. The second kappa shape index (κ2) is 6.17. The summed E-state index contributed by atoms with van der Waals surface area (Å²) in [6.45, 7) is 2.11. The summed E-state index contributed by atoms with van der Waals surface area (Å²) < 4.78 is 36.8. The molecule has 6 nitrogen and oxygen atoms in total. The number of rotatable bonds is 4. The third-order valence-electron chi connectivity index (χ3n) is 3.13. The van der Waals surface area contributed by atoms with Gasteiger partial charge in [-0.3, -0.25) is 0 Å². The predicted molar refractivity (Wildman–Crippen MR) is 76.2 cm³/mol. The van der Waals surface area contributed by atoms with Gasteiger partial charge in [0.2, 0.25) is 10.0 Å². The Morgan fingerprint density at radius 1 is 1.15 bits per heavy atom. The molecule has 0 aliphatic carbocycles. The average Bonchev–Trinajstić information content (AvgIpc) is 2.47. The highest BCUT2D eigenvalue weighted by Crippen LogP contribution is 2.36. The van der Waals surface area contributed by atoms with Crippen LogP contribution in [0.1, 0.15) is 0 Å². The van der Waals surface area contributed by atoms with Gasteiger partial charge in [0, 0.05) is 38.3 Å². The SMILES string of the molecule is COc1cc(Cl)c(S(=O)(=O)N2CCNCC2)cc1OC. The Bertz CT molecular complexity index is 585. The Labute approximate surface area is 123 Å². The minimum Gasteiger partial charge on any atom is -0.493 e. The lowest BCUT2D eigenvalue weighted by atomic mass is 10.3. The minimum atomic E-state index is -3.62. The van der Waals surface area contributed by atoms with Crippen LogP contribution in [0.5, 0.6) is 11.5 Å². The Morgan fingerprint density at radius 2 is 1.70 bits per heavy atom. The summed E-state index contributed by atoms with van der Waals surface area (Å²) in [6, 6.07) is 2.86. The van der Waals surface area contributed by atoms with Crippen molar-refractivity contribution in [2.24, 2.45) is 0 Å². The molecule has 1 aromatic rings. The monoisotopic (exact) mass is 320 g/mol. The highest BCUT2D eigenvalue weighted by molar-refractivity contribution is 7.89. The molecular formula is C12H17ClN2O4S. The van der Waals surface area contributed by atoms with Crippen LogP contribution in [-0.2, 0) is 10.0 Å². The molecule has 1 fully saturated rings. The smallest absolute Gasteiger partial charge is 0.244 e. The highest BCUT2D eigenvalue weighted by Gasteiger charge is 2.29. The van der Waals surface area contributed by atoms with Gasteiger partial charge in [0.05, 0.1) is 19.2 Å². The summed E-state index contributed by atoms with van der Waals surface area (Å²) in [7, 11) is -0.702. The van der Waals surface area contributed by atoms with Crippen LogP contribution < -0.4 is 14.8 Å². The molecule has 0 aromatic heterocycles. The number of hydrogen-bond acceptors (Lipinski definition) is 5. The summed E-state index contributed by atoms with van der Waals surface area (Å²) in [5.41, 5.74) is 0. The first-order valence-corrected chi connectivity index (χ1v) is 7.95.